The highest BCUT2D eigenvalue weighted by Gasteiger charge is 2.27. The van der Waals surface area contributed by atoms with Crippen LogP contribution in [-0.4, -0.2) is 37.7 Å². The summed E-state index contributed by atoms with van der Waals surface area (Å²) in [6.45, 7) is 6.61. The van der Waals surface area contributed by atoms with Gasteiger partial charge < -0.3 is 10.1 Å². The van der Waals surface area contributed by atoms with Gasteiger partial charge in [0, 0.05) is 24.2 Å². The number of rotatable bonds is 5. The van der Waals surface area contributed by atoms with Gasteiger partial charge in [0.2, 0.25) is 0 Å². The fourth-order valence-corrected chi connectivity index (χ4v) is 3.22. The molecule has 3 heteroatoms. The lowest BCUT2D eigenvalue weighted by molar-refractivity contribution is 0.113. The van der Waals surface area contributed by atoms with E-state index in [1.54, 1.807) is 7.11 Å². The first-order chi connectivity index (χ1) is 9.65. The molecule has 112 valence electrons. The van der Waals surface area contributed by atoms with Crippen molar-refractivity contribution in [3.05, 3.63) is 29.3 Å². The predicted octanol–water partition coefficient (Wildman–Crippen LogP) is 2.97. The van der Waals surface area contributed by atoms with Crippen molar-refractivity contribution < 1.29 is 4.74 Å². The van der Waals surface area contributed by atoms with Crippen LogP contribution in [0.1, 0.15) is 37.3 Å². The Morgan fingerprint density at radius 2 is 2.20 bits per heavy atom. The zero-order valence-electron chi connectivity index (χ0n) is 13.3. The van der Waals surface area contributed by atoms with Gasteiger partial charge in [0.1, 0.15) is 5.75 Å². The highest BCUT2D eigenvalue weighted by atomic mass is 16.5. The molecule has 2 atom stereocenters. The number of hydrogen-bond donors (Lipinski definition) is 1. The summed E-state index contributed by atoms with van der Waals surface area (Å²) < 4.78 is 5.52. The zero-order valence-corrected chi connectivity index (χ0v) is 13.3. The number of benzene rings is 1. The van der Waals surface area contributed by atoms with E-state index in [2.05, 4.69) is 49.3 Å². The molecule has 1 heterocycles. The van der Waals surface area contributed by atoms with Crippen LogP contribution in [0.2, 0.25) is 0 Å². The average molecular weight is 276 g/mol. The monoisotopic (exact) mass is 276 g/mol. The minimum atomic E-state index is 0.533. The second-order valence-electron chi connectivity index (χ2n) is 5.93. The molecule has 1 aromatic carbocycles. The molecule has 0 saturated carbocycles. The summed E-state index contributed by atoms with van der Waals surface area (Å²) in [5.41, 5.74) is 2.61. The second-order valence-corrected chi connectivity index (χ2v) is 5.93. The molecular formula is C17H28N2O. The van der Waals surface area contributed by atoms with Crippen molar-refractivity contribution in [1.82, 2.24) is 10.2 Å². The summed E-state index contributed by atoms with van der Waals surface area (Å²) in [5, 5.41) is 3.42. The molecule has 1 saturated heterocycles. The molecule has 1 aromatic rings. The van der Waals surface area contributed by atoms with E-state index < -0.39 is 0 Å². The minimum absolute atomic E-state index is 0.533. The number of piperidine rings is 1. The van der Waals surface area contributed by atoms with E-state index in [-0.39, 0.29) is 0 Å². The Morgan fingerprint density at radius 1 is 1.40 bits per heavy atom. The SMILES string of the molecule is CNC(C)C1CCCCN1Cc1cc(C)ccc1OC. The molecule has 0 aliphatic carbocycles. The lowest BCUT2D eigenvalue weighted by Crippen LogP contribution is -2.49. The second kappa shape index (κ2) is 7.09. The molecular weight excluding hydrogens is 248 g/mol. The smallest absolute Gasteiger partial charge is 0.123 e. The molecule has 1 fully saturated rings. The van der Waals surface area contributed by atoms with Gasteiger partial charge in [-0.1, -0.05) is 24.1 Å². The van der Waals surface area contributed by atoms with Crippen molar-refractivity contribution in [1.29, 1.82) is 0 Å². The van der Waals surface area contributed by atoms with Gasteiger partial charge in [-0.3, -0.25) is 4.90 Å². The number of hydrogen-bond acceptors (Lipinski definition) is 3. The topological polar surface area (TPSA) is 24.5 Å². The van der Waals surface area contributed by atoms with Crippen LogP contribution in [0.15, 0.2) is 18.2 Å². The normalized spacial score (nSPS) is 21.7. The van der Waals surface area contributed by atoms with Gasteiger partial charge >= 0.3 is 0 Å². The van der Waals surface area contributed by atoms with Crippen LogP contribution < -0.4 is 10.1 Å². The molecule has 1 aliphatic heterocycles. The molecule has 0 bridgehead atoms. The number of nitrogens with zero attached hydrogens (tertiary/aromatic N) is 1. The largest absolute Gasteiger partial charge is 0.496 e. The highest BCUT2D eigenvalue weighted by molar-refractivity contribution is 5.36. The average Bonchev–Trinajstić information content (AvgIpc) is 2.47. The van der Waals surface area contributed by atoms with Gasteiger partial charge in [-0.05, 0) is 46.3 Å². The number of nitrogens with one attached hydrogen (secondary N) is 1. The first-order valence-electron chi connectivity index (χ1n) is 7.70. The quantitative estimate of drug-likeness (QED) is 0.895. The van der Waals surface area contributed by atoms with Crippen LogP contribution >= 0.6 is 0 Å². The molecule has 0 spiro atoms. The first-order valence-corrected chi connectivity index (χ1v) is 7.70. The van der Waals surface area contributed by atoms with Crippen LogP contribution in [0, 0.1) is 6.92 Å². The Balaban J connectivity index is 2.16. The summed E-state index contributed by atoms with van der Waals surface area (Å²) in [6.07, 6.45) is 3.94. The van der Waals surface area contributed by atoms with E-state index >= 15 is 0 Å². The standard InChI is InChI=1S/C17H28N2O/c1-13-8-9-17(20-4)15(11-13)12-19-10-6-5-7-16(19)14(2)18-3/h8-9,11,14,16,18H,5-7,10,12H2,1-4H3. The molecule has 1 N–H and O–H groups in total. The Kier molecular flexibility index (Phi) is 5.44. The summed E-state index contributed by atoms with van der Waals surface area (Å²) >= 11 is 0. The number of aryl methyl sites for hydroxylation is 1. The highest BCUT2D eigenvalue weighted by Crippen LogP contribution is 2.26. The number of likely N-dealkylation sites (tertiary alicyclic amines) is 1. The molecule has 0 amide bonds. The Morgan fingerprint density at radius 3 is 2.90 bits per heavy atom. The molecule has 2 unspecified atom stereocenters. The van der Waals surface area contributed by atoms with Gasteiger partial charge in [0.05, 0.1) is 7.11 Å². The van der Waals surface area contributed by atoms with E-state index in [1.165, 1.54) is 36.9 Å². The van der Waals surface area contributed by atoms with Crippen LogP contribution in [0.25, 0.3) is 0 Å². The van der Waals surface area contributed by atoms with Crippen LogP contribution in [0.5, 0.6) is 5.75 Å². The molecule has 2 rings (SSSR count). The lowest BCUT2D eigenvalue weighted by Gasteiger charge is -2.39. The first kappa shape index (κ1) is 15.3. The Hall–Kier alpha value is -1.06. The number of likely N-dealkylation sites (N-methyl/N-ethyl adjacent to an activating group) is 1. The Labute approximate surface area is 123 Å². The maximum Gasteiger partial charge on any atom is 0.123 e. The van der Waals surface area contributed by atoms with E-state index in [0.717, 1.165) is 12.3 Å². The zero-order chi connectivity index (χ0) is 14.5. The van der Waals surface area contributed by atoms with Gasteiger partial charge in [-0.2, -0.15) is 0 Å². The summed E-state index contributed by atoms with van der Waals surface area (Å²) in [4.78, 5) is 2.61. The maximum atomic E-state index is 5.52. The molecule has 3 nitrogen and oxygen atoms in total. The Bertz CT molecular complexity index is 433. The lowest BCUT2D eigenvalue weighted by atomic mass is 9.95. The third-order valence-corrected chi connectivity index (χ3v) is 4.51. The molecule has 20 heavy (non-hydrogen) atoms. The molecule has 1 aliphatic rings. The molecule has 0 aromatic heterocycles. The van der Waals surface area contributed by atoms with Crippen molar-refractivity contribution in [3.8, 4) is 5.75 Å². The van der Waals surface area contributed by atoms with E-state index in [0.29, 0.717) is 12.1 Å². The van der Waals surface area contributed by atoms with Gasteiger partial charge in [-0.25, -0.2) is 0 Å². The van der Waals surface area contributed by atoms with Gasteiger partial charge in [0.25, 0.3) is 0 Å². The molecule has 0 radical (unpaired) electrons. The summed E-state index contributed by atoms with van der Waals surface area (Å²) in [6, 6.07) is 7.62. The van der Waals surface area contributed by atoms with Crippen molar-refractivity contribution in [2.45, 2.75) is 51.7 Å². The maximum absolute atomic E-state index is 5.52. The fourth-order valence-electron chi connectivity index (χ4n) is 3.22. The van der Waals surface area contributed by atoms with E-state index in [4.69, 9.17) is 4.74 Å². The van der Waals surface area contributed by atoms with E-state index in [9.17, 15) is 0 Å². The van der Waals surface area contributed by atoms with Crippen LogP contribution in [0.3, 0.4) is 0 Å². The van der Waals surface area contributed by atoms with Crippen molar-refractivity contribution in [2.24, 2.45) is 0 Å². The van der Waals surface area contributed by atoms with Crippen LogP contribution in [-0.2, 0) is 6.54 Å². The van der Waals surface area contributed by atoms with Crippen molar-refractivity contribution in [3.63, 3.8) is 0 Å². The third-order valence-electron chi connectivity index (χ3n) is 4.51. The van der Waals surface area contributed by atoms with Gasteiger partial charge in [-0.15, -0.1) is 0 Å². The fraction of sp³-hybridized carbons (Fsp3) is 0.647. The number of methoxy groups -OCH3 is 1. The third kappa shape index (κ3) is 3.53. The van der Waals surface area contributed by atoms with Crippen molar-refractivity contribution in [2.75, 3.05) is 20.7 Å². The van der Waals surface area contributed by atoms with Crippen LogP contribution in [0.4, 0.5) is 0 Å². The minimum Gasteiger partial charge on any atom is -0.496 e. The van der Waals surface area contributed by atoms with Gasteiger partial charge in [0.15, 0.2) is 0 Å². The summed E-state index contributed by atoms with van der Waals surface area (Å²) in [7, 11) is 3.82. The van der Waals surface area contributed by atoms with E-state index in [1.807, 2.05) is 0 Å². The number of ether oxygens (including phenoxy) is 1. The predicted molar refractivity (Wildman–Crippen MR) is 84.3 cm³/mol. The summed E-state index contributed by atoms with van der Waals surface area (Å²) in [5.74, 6) is 1.01. The van der Waals surface area contributed by atoms with Crippen molar-refractivity contribution >= 4 is 0 Å².